The summed E-state index contributed by atoms with van der Waals surface area (Å²) in [4.78, 5) is 28.8. The average molecular weight is 597 g/mol. The Labute approximate surface area is 254 Å². The Morgan fingerprint density at radius 1 is 1.00 bits per heavy atom. The van der Waals surface area contributed by atoms with Crippen molar-refractivity contribution >= 4 is 28.0 Å². The molecule has 10 heteroatoms. The fraction of sp³-hybridized carbons (Fsp3) is 0.273. The number of rotatable bonds is 12. The second-order valence-corrected chi connectivity index (χ2v) is 10.9. The molecule has 4 heterocycles. The van der Waals surface area contributed by atoms with Crippen LogP contribution in [0.3, 0.4) is 0 Å². The standard InChI is InChI=1S/C33H32N4O5S/c1-39-31-19-26-27(20-32(31)41-15-5-12-37-13-16-40-17-14-37)34-11-10-30(26)42-25-9-8-24(35-21-25)18-29(38)28-22-43-33(36-28)23-6-3-2-4-7-23/h2-4,6-11,19-22H,5,12-18H2,1H3. The highest BCUT2D eigenvalue weighted by Gasteiger charge is 2.16. The minimum absolute atomic E-state index is 0.0778. The third-order valence-electron chi connectivity index (χ3n) is 7.14. The van der Waals surface area contributed by atoms with Crippen LogP contribution in [0.1, 0.15) is 22.6 Å². The van der Waals surface area contributed by atoms with Gasteiger partial charge in [0.15, 0.2) is 17.3 Å². The number of hydrogen-bond donors (Lipinski definition) is 0. The Morgan fingerprint density at radius 3 is 2.65 bits per heavy atom. The van der Waals surface area contributed by atoms with Gasteiger partial charge in [0.2, 0.25) is 0 Å². The van der Waals surface area contributed by atoms with E-state index in [-0.39, 0.29) is 12.2 Å². The molecule has 1 saturated heterocycles. The highest BCUT2D eigenvalue weighted by atomic mass is 32.1. The van der Waals surface area contributed by atoms with Crippen molar-refractivity contribution < 1.29 is 23.7 Å². The second-order valence-electron chi connectivity index (χ2n) is 10.1. The van der Waals surface area contributed by atoms with Gasteiger partial charge < -0.3 is 18.9 Å². The Kier molecular flexibility index (Phi) is 9.17. The summed E-state index contributed by atoms with van der Waals surface area (Å²) in [6.07, 6.45) is 4.38. The van der Waals surface area contributed by atoms with Gasteiger partial charge in [-0.1, -0.05) is 30.3 Å². The number of pyridine rings is 2. The smallest absolute Gasteiger partial charge is 0.187 e. The number of Topliss-reactive ketones (excluding diaryl/α,β-unsaturated/α-hetero) is 1. The Bertz CT molecular complexity index is 1670. The van der Waals surface area contributed by atoms with Crippen molar-refractivity contribution in [3.8, 4) is 33.6 Å². The van der Waals surface area contributed by atoms with E-state index >= 15 is 0 Å². The van der Waals surface area contributed by atoms with Crippen LogP contribution in [-0.2, 0) is 11.2 Å². The van der Waals surface area contributed by atoms with Crippen LogP contribution in [0.2, 0.25) is 0 Å². The van der Waals surface area contributed by atoms with E-state index in [0.717, 1.165) is 60.7 Å². The van der Waals surface area contributed by atoms with Crippen molar-refractivity contribution in [2.24, 2.45) is 0 Å². The number of carbonyl (C=O) groups excluding carboxylic acids is 1. The third kappa shape index (κ3) is 7.16. The molecule has 5 aromatic rings. The van der Waals surface area contributed by atoms with Crippen molar-refractivity contribution in [3.63, 3.8) is 0 Å². The number of morpholine rings is 1. The molecule has 0 radical (unpaired) electrons. The molecule has 0 amide bonds. The third-order valence-corrected chi connectivity index (χ3v) is 8.04. The number of carbonyl (C=O) groups is 1. The van der Waals surface area contributed by atoms with Crippen molar-refractivity contribution in [1.29, 1.82) is 0 Å². The first-order chi connectivity index (χ1) is 21.2. The lowest BCUT2D eigenvalue weighted by molar-refractivity contribution is 0.0357. The van der Waals surface area contributed by atoms with E-state index in [1.807, 2.05) is 48.5 Å². The molecule has 3 aromatic heterocycles. The number of hydrogen-bond acceptors (Lipinski definition) is 10. The van der Waals surface area contributed by atoms with Gasteiger partial charge in [0, 0.05) is 53.9 Å². The van der Waals surface area contributed by atoms with Crippen molar-refractivity contribution in [2.75, 3.05) is 46.6 Å². The van der Waals surface area contributed by atoms with E-state index in [1.54, 1.807) is 37.0 Å². The minimum atomic E-state index is -0.0778. The first-order valence-corrected chi connectivity index (χ1v) is 15.1. The predicted octanol–water partition coefficient (Wildman–Crippen LogP) is 6.08. The molecule has 0 atom stereocenters. The van der Waals surface area contributed by atoms with Gasteiger partial charge in [-0.3, -0.25) is 19.7 Å². The molecule has 0 saturated carbocycles. The summed E-state index contributed by atoms with van der Waals surface area (Å²) in [5.74, 6) is 2.34. The SMILES string of the molecule is COc1cc2c(Oc3ccc(CC(=O)c4csc(-c5ccccc5)n4)nc3)ccnc2cc1OCCCN1CCOCC1. The van der Waals surface area contributed by atoms with Gasteiger partial charge >= 0.3 is 0 Å². The zero-order valence-corrected chi connectivity index (χ0v) is 24.7. The summed E-state index contributed by atoms with van der Waals surface area (Å²) in [6.45, 7) is 5.05. The molecule has 6 rings (SSSR count). The number of thiazole rings is 1. The van der Waals surface area contributed by atoms with E-state index in [9.17, 15) is 4.79 Å². The summed E-state index contributed by atoms with van der Waals surface area (Å²) < 4.78 is 23.3. The highest BCUT2D eigenvalue weighted by molar-refractivity contribution is 7.13. The van der Waals surface area contributed by atoms with Gasteiger partial charge in [-0.15, -0.1) is 11.3 Å². The van der Waals surface area contributed by atoms with Gasteiger partial charge in [0.25, 0.3) is 0 Å². The number of ether oxygens (including phenoxy) is 4. The van der Waals surface area contributed by atoms with Crippen LogP contribution in [0.4, 0.5) is 0 Å². The number of methoxy groups -OCH3 is 1. The number of nitrogens with zero attached hydrogens (tertiary/aromatic N) is 4. The Balaban J connectivity index is 1.09. The molecule has 2 aromatic carbocycles. The summed E-state index contributed by atoms with van der Waals surface area (Å²) >= 11 is 1.46. The summed E-state index contributed by atoms with van der Waals surface area (Å²) in [5, 5.41) is 3.41. The van der Waals surface area contributed by atoms with Gasteiger partial charge in [-0.05, 0) is 30.7 Å². The zero-order valence-electron chi connectivity index (χ0n) is 23.9. The topological polar surface area (TPSA) is 95.9 Å². The summed E-state index contributed by atoms with van der Waals surface area (Å²) in [7, 11) is 1.62. The Hall–Kier alpha value is -4.38. The van der Waals surface area contributed by atoms with Gasteiger partial charge in [-0.25, -0.2) is 4.98 Å². The molecule has 0 N–H and O–H groups in total. The molecule has 1 aliphatic rings. The van der Waals surface area contributed by atoms with Crippen LogP contribution < -0.4 is 14.2 Å². The zero-order chi connectivity index (χ0) is 29.4. The van der Waals surface area contributed by atoms with Crippen LogP contribution in [-0.4, -0.2) is 72.2 Å². The highest BCUT2D eigenvalue weighted by Crippen LogP contribution is 2.37. The molecule has 0 spiro atoms. The first-order valence-electron chi connectivity index (χ1n) is 14.2. The predicted molar refractivity (Wildman–Crippen MR) is 166 cm³/mol. The average Bonchev–Trinajstić information content (AvgIpc) is 3.56. The van der Waals surface area contributed by atoms with Gasteiger partial charge in [-0.2, -0.15) is 0 Å². The van der Waals surface area contributed by atoms with Crippen molar-refractivity contribution in [2.45, 2.75) is 12.8 Å². The molecule has 43 heavy (non-hydrogen) atoms. The number of aromatic nitrogens is 3. The first kappa shape index (κ1) is 28.7. The molecule has 0 unspecified atom stereocenters. The molecular formula is C33H32N4O5S. The largest absolute Gasteiger partial charge is 0.493 e. The molecule has 1 fully saturated rings. The maximum absolute atomic E-state index is 12.9. The maximum atomic E-state index is 12.9. The van der Waals surface area contributed by atoms with Crippen LogP contribution in [0.15, 0.2) is 78.4 Å². The summed E-state index contributed by atoms with van der Waals surface area (Å²) in [6, 6.07) is 19.0. The molecule has 220 valence electrons. The van der Waals surface area contributed by atoms with Crippen molar-refractivity contribution in [1.82, 2.24) is 19.9 Å². The molecule has 0 bridgehead atoms. The fourth-order valence-electron chi connectivity index (χ4n) is 4.86. The lowest BCUT2D eigenvalue weighted by atomic mass is 10.1. The van der Waals surface area contributed by atoms with E-state index < -0.39 is 0 Å². The molecular weight excluding hydrogens is 564 g/mol. The lowest BCUT2D eigenvalue weighted by Gasteiger charge is -2.26. The number of fused-ring (bicyclic) bond motifs is 1. The van der Waals surface area contributed by atoms with E-state index in [2.05, 4.69) is 19.9 Å². The van der Waals surface area contributed by atoms with Crippen LogP contribution >= 0.6 is 11.3 Å². The number of benzene rings is 2. The maximum Gasteiger partial charge on any atom is 0.187 e. The monoisotopic (exact) mass is 596 g/mol. The fourth-order valence-corrected chi connectivity index (χ4v) is 5.69. The van der Waals surface area contributed by atoms with E-state index in [4.69, 9.17) is 18.9 Å². The van der Waals surface area contributed by atoms with Crippen molar-refractivity contribution in [3.05, 3.63) is 89.8 Å². The van der Waals surface area contributed by atoms with Gasteiger partial charge in [0.05, 0.1) is 45.1 Å². The van der Waals surface area contributed by atoms with Crippen LogP contribution in [0.25, 0.3) is 21.5 Å². The molecule has 0 aliphatic carbocycles. The Morgan fingerprint density at radius 2 is 1.86 bits per heavy atom. The molecule has 1 aliphatic heterocycles. The van der Waals surface area contributed by atoms with Crippen LogP contribution in [0, 0.1) is 0 Å². The lowest BCUT2D eigenvalue weighted by Crippen LogP contribution is -2.37. The van der Waals surface area contributed by atoms with E-state index in [1.165, 1.54) is 11.3 Å². The quantitative estimate of drug-likeness (QED) is 0.125. The van der Waals surface area contributed by atoms with Crippen LogP contribution in [0.5, 0.6) is 23.0 Å². The normalized spacial score (nSPS) is 13.6. The van der Waals surface area contributed by atoms with E-state index in [0.29, 0.717) is 41.0 Å². The second kappa shape index (κ2) is 13.7. The minimum Gasteiger partial charge on any atom is -0.493 e. The number of ketones is 1. The molecule has 9 nitrogen and oxygen atoms in total. The summed E-state index contributed by atoms with van der Waals surface area (Å²) in [5.41, 5.74) is 2.82. The van der Waals surface area contributed by atoms with Gasteiger partial charge in [0.1, 0.15) is 22.2 Å².